The molecule has 0 bridgehead atoms. The van der Waals surface area contributed by atoms with Crippen LogP contribution in [-0.2, 0) is 20.2 Å². The predicted octanol–water partition coefficient (Wildman–Crippen LogP) is 2.87. The fraction of sp³-hybridized carbons (Fsp3) is 0.357. The van der Waals surface area contributed by atoms with Crippen molar-refractivity contribution in [2.45, 2.75) is 20.1 Å². The number of aryl methyl sites for hydroxylation is 1. The number of hydrogen-bond acceptors (Lipinski definition) is 3. The molecule has 1 aromatic carbocycles. The van der Waals surface area contributed by atoms with E-state index in [4.69, 9.17) is 4.74 Å². The van der Waals surface area contributed by atoms with Gasteiger partial charge in [0.25, 0.3) is 0 Å². The Hall–Kier alpha value is -1.33. The Bertz CT molecular complexity index is 539. The van der Waals surface area contributed by atoms with Gasteiger partial charge in [0.05, 0.1) is 12.4 Å². The van der Waals surface area contributed by atoms with E-state index >= 15 is 0 Å². The van der Waals surface area contributed by atoms with Crippen molar-refractivity contribution in [3.63, 3.8) is 0 Å². The van der Waals surface area contributed by atoms with Gasteiger partial charge in [0.1, 0.15) is 6.61 Å². The number of nitrogens with one attached hydrogen (secondary N) is 1. The van der Waals surface area contributed by atoms with E-state index in [-0.39, 0.29) is 0 Å². The summed E-state index contributed by atoms with van der Waals surface area (Å²) < 4.78 is 8.49. The summed E-state index contributed by atoms with van der Waals surface area (Å²) >= 11 is 3.59. The number of hydrogen-bond donors (Lipinski definition) is 1. The van der Waals surface area contributed by atoms with Gasteiger partial charge in [-0.1, -0.05) is 35.0 Å². The van der Waals surface area contributed by atoms with Gasteiger partial charge < -0.3 is 10.1 Å². The van der Waals surface area contributed by atoms with Gasteiger partial charge in [-0.15, -0.1) is 0 Å². The standard InChI is InChI=1S/C14H18BrN3O/c1-3-16-7-11-4-5-12(14(15)6-11)10-19-13-8-17-18(2)9-13/h4-6,8-9,16H,3,7,10H2,1-2H3. The van der Waals surface area contributed by atoms with Crippen molar-refractivity contribution in [2.75, 3.05) is 6.54 Å². The van der Waals surface area contributed by atoms with Crippen LogP contribution in [0.1, 0.15) is 18.1 Å². The number of aromatic nitrogens is 2. The topological polar surface area (TPSA) is 39.1 Å². The van der Waals surface area contributed by atoms with Crippen molar-refractivity contribution < 1.29 is 4.74 Å². The predicted molar refractivity (Wildman–Crippen MR) is 79.1 cm³/mol. The van der Waals surface area contributed by atoms with Crippen molar-refractivity contribution in [3.05, 3.63) is 46.2 Å². The van der Waals surface area contributed by atoms with E-state index in [1.165, 1.54) is 5.56 Å². The molecule has 0 aliphatic carbocycles. The van der Waals surface area contributed by atoms with E-state index in [0.29, 0.717) is 6.61 Å². The number of nitrogens with zero attached hydrogens (tertiary/aromatic N) is 2. The van der Waals surface area contributed by atoms with Gasteiger partial charge in [0.15, 0.2) is 5.75 Å². The maximum absolute atomic E-state index is 5.69. The number of rotatable bonds is 6. The van der Waals surface area contributed by atoms with Gasteiger partial charge in [-0.2, -0.15) is 5.10 Å². The van der Waals surface area contributed by atoms with Crippen molar-refractivity contribution in [1.82, 2.24) is 15.1 Å². The van der Waals surface area contributed by atoms with Gasteiger partial charge in [-0.05, 0) is 18.2 Å². The summed E-state index contributed by atoms with van der Waals surface area (Å²) in [5.74, 6) is 0.783. The summed E-state index contributed by atoms with van der Waals surface area (Å²) in [4.78, 5) is 0. The first-order valence-electron chi connectivity index (χ1n) is 6.28. The van der Waals surface area contributed by atoms with Crippen LogP contribution >= 0.6 is 15.9 Å². The summed E-state index contributed by atoms with van der Waals surface area (Å²) in [6, 6.07) is 6.34. The first kappa shape index (κ1) is 14.1. The maximum atomic E-state index is 5.69. The largest absolute Gasteiger partial charge is 0.486 e. The average Bonchev–Trinajstić information content (AvgIpc) is 2.81. The molecule has 0 amide bonds. The summed E-state index contributed by atoms with van der Waals surface area (Å²) in [5, 5.41) is 7.38. The van der Waals surface area contributed by atoms with E-state index in [9.17, 15) is 0 Å². The Labute approximate surface area is 121 Å². The Balaban J connectivity index is 1.96. The number of benzene rings is 1. The molecule has 1 heterocycles. The highest BCUT2D eigenvalue weighted by Crippen LogP contribution is 2.20. The van der Waals surface area contributed by atoms with E-state index in [1.807, 2.05) is 13.2 Å². The zero-order valence-corrected chi connectivity index (χ0v) is 12.8. The molecule has 0 atom stereocenters. The van der Waals surface area contributed by atoms with Crippen LogP contribution in [0.25, 0.3) is 0 Å². The third-order valence-electron chi connectivity index (χ3n) is 2.77. The lowest BCUT2D eigenvalue weighted by atomic mass is 10.1. The maximum Gasteiger partial charge on any atom is 0.157 e. The van der Waals surface area contributed by atoms with Crippen LogP contribution in [0.4, 0.5) is 0 Å². The lowest BCUT2D eigenvalue weighted by Gasteiger charge is -2.08. The molecule has 5 heteroatoms. The van der Waals surface area contributed by atoms with E-state index in [0.717, 1.165) is 28.9 Å². The van der Waals surface area contributed by atoms with Gasteiger partial charge >= 0.3 is 0 Å². The summed E-state index contributed by atoms with van der Waals surface area (Å²) in [7, 11) is 1.87. The fourth-order valence-electron chi connectivity index (χ4n) is 1.72. The fourth-order valence-corrected chi connectivity index (χ4v) is 2.26. The lowest BCUT2D eigenvalue weighted by Crippen LogP contribution is -2.11. The zero-order chi connectivity index (χ0) is 13.7. The van der Waals surface area contributed by atoms with Crippen molar-refractivity contribution in [3.8, 4) is 5.75 Å². The second-order valence-corrected chi connectivity index (χ2v) is 5.20. The first-order valence-corrected chi connectivity index (χ1v) is 7.08. The lowest BCUT2D eigenvalue weighted by molar-refractivity contribution is 0.305. The minimum absolute atomic E-state index is 0.535. The molecule has 1 aromatic heterocycles. The van der Waals surface area contributed by atoms with Gasteiger partial charge in [-0.25, -0.2) is 0 Å². The van der Waals surface area contributed by atoms with Crippen LogP contribution < -0.4 is 10.1 Å². The van der Waals surface area contributed by atoms with Gasteiger partial charge in [0.2, 0.25) is 0 Å². The molecule has 0 spiro atoms. The van der Waals surface area contributed by atoms with Crippen molar-refractivity contribution in [1.29, 1.82) is 0 Å². The average molecular weight is 324 g/mol. The molecule has 2 aromatic rings. The molecule has 0 fully saturated rings. The normalized spacial score (nSPS) is 10.7. The molecule has 19 heavy (non-hydrogen) atoms. The smallest absolute Gasteiger partial charge is 0.157 e. The molecule has 0 saturated heterocycles. The van der Waals surface area contributed by atoms with Crippen LogP contribution in [0.15, 0.2) is 35.1 Å². The highest BCUT2D eigenvalue weighted by Gasteiger charge is 2.04. The Morgan fingerprint density at radius 1 is 1.42 bits per heavy atom. The summed E-state index contributed by atoms with van der Waals surface area (Å²) in [6.45, 7) is 4.50. The summed E-state index contributed by atoms with van der Waals surface area (Å²) in [5.41, 5.74) is 2.39. The Morgan fingerprint density at radius 3 is 2.89 bits per heavy atom. The molecule has 0 saturated carbocycles. The molecule has 0 radical (unpaired) electrons. The van der Waals surface area contributed by atoms with Crippen LogP contribution in [0.5, 0.6) is 5.75 Å². The van der Waals surface area contributed by atoms with Crippen molar-refractivity contribution >= 4 is 15.9 Å². The highest BCUT2D eigenvalue weighted by atomic mass is 79.9. The van der Waals surface area contributed by atoms with Crippen molar-refractivity contribution in [2.24, 2.45) is 7.05 Å². The minimum atomic E-state index is 0.535. The van der Waals surface area contributed by atoms with E-state index < -0.39 is 0 Å². The molecule has 0 aliphatic heterocycles. The molecule has 0 unspecified atom stereocenters. The molecular formula is C14H18BrN3O. The molecular weight excluding hydrogens is 306 g/mol. The Morgan fingerprint density at radius 2 is 2.26 bits per heavy atom. The molecule has 4 nitrogen and oxygen atoms in total. The monoisotopic (exact) mass is 323 g/mol. The third-order valence-corrected chi connectivity index (χ3v) is 3.51. The SMILES string of the molecule is CCNCc1ccc(COc2cnn(C)c2)c(Br)c1. The molecule has 102 valence electrons. The minimum Gasteiger partial charge on any atom is -0.486 e. The van der Waals surface area contributed by atoms with Crippen LogP contribution in [0.3, 0.4) is 0 Å². The van der Waals surface area contributed by atoms with E-state index in [1.54, 1.807) is 10.9 Å². The van der Waals surface area contributed by atoms with Crippen LogP contribution in [-0.4, -0.2) is 16.3 Å². The van der Waals surface area contributed by atoms with Crippen LogP contribution in [0.2, 0.25) is 0 Å². The van der Waals surface area contributed by atoms with Crippen LogP contribution in [0, 0.1) is 0 Å². The molecule has 0 aliphatic rings. The molecule has 1 N–H and O–H groups in total. The van der Waals surface area contributed by atoms with Gasteiger partial charge in [-0.3, -0.25) is 4.68 Å². The summed E-state index contributed by atoms with van der Waals surface area (Å²) in [6.07, 6.45) is 3.57. The third kappa shape index (κ3) is 4.08. The zero-order valence-electron chi connectivity index (χ0n) is 11.2. The van der Waals surface area contributed by atoms with Gasteiger partial charge in [0, 0.05) is 23.6 Å². The Kier molecular flexibility index (Phi) is 4.99. The number of ether oxygens (including phenoxy) is 1. The molecule has 2 rings (SSSR count). The van der Waals surface area contributed by atoms with E-state index in [2.05, 4.69) is 51.5 Å². The first-order chi connectivity index (χ1) is 9.19. The quantitative estimate of drug-likeness (QED) is 0.888. The highest BCUT2D eigenvalue weighted by molar-refractivity contribution is 9.10. The second kappa shape index (κ2) is 6.73. The second-order valence-electron chi connectivity index (χ2n) is 4.34. The number of halogens is 1.